The van der Waals surface area contributed by atoms with Crippen molar-refractivity contribution in [2.75, 3.05) is 7.11 Å². The Hall–Kier alpha value is -1.87. The maximum absolute atomic E-state index is 14.3. The molecular formula is C13H14FNO3. The van der Waals surface area contributed by atoms with Gasteiger partial charge in [-0.2, -0.15) is 4.99 Å². The van der Waals surface area contributed by atoms with Crippen LogP contribution >= 0.6 is 0 Å². The van der Waals surface area contributed by atoms with Crippen molar-refractivity contribution in [1.29, 1.82) is 0 Å². The van der Waals surface area contributed by atoms with E-state index in [9.17, 15) is 14.3 Å². The van der Waals surface area contributed by atoms with Crippen molar-refractivity contribution < 1.29 is 19.0 Å². The highest BCUT2D eigenvalue weighted by atomic mass is 19.1. The fourth-order valence-electron chi connectivity index (χ4n) is 2.32. The number of isocyanates is 1. The maximum Gasteiger partial charge on any atom is 0.235 e. The molecule has 4 nitrogen and oxygen atoms in total. The Morgan fingerprint density at radius 1 is 1.56 bits per heavy atom. The fourth-order valence-corrected chi connectivity index (χ4v) is 2.32. The standard InChI is InChI=1S/C13H14FNO3/c1-8-6-9(10(14)12(18-2)11(8)17)13(15-7-16)4-3-5-13/h6,17H,3-5H2,1-2H3. The molecule has 0 amide bonds. The zero-order chi connectivity index (χ0) is 13.3. The lowest BCUT2D eigenvalue weighted by molar-refractivity contribution is 0.242. The van der Waals surface area contributed by atoms with E-state index in [0.29, 0.717) is 24.0 Å². The van der Waals surface area contributed by atoms with Gasteiger partial charge in [-0.1, -0.05) is 0 Å². The number of phenolic OH excluding ortho intramolecular Hbond substituents is 1. The number of aliphatic imine (C=N–C) groups is 1. The second-order valence-corrected chi connectivity index (χ2v) is 4.53. The summed E-state index contributed by atoms with van der Waals surface area (Å²) in [7, 11) is 1.29. The monoisotopic (exact) mass is 251 g/mol. The highest BCUT2D eigenvalue weighted by Gasteiger charge is 2.42. The van der Waals surface area contributed by atoms with Gasteiger partial charge in [-0.25, -0.2) is 9.18 Å². The largest absolute Gasteiger partial charge is 0.504 e. The number of phenols is 1. The van der Waals surface area contributed by atoms with Gasteiger partial charge in [-0.15, -0.1) is 0 Å². The summed E-state index contributed by atoms with van der Waals surface area (Å²) in [6, 6.07) is 1.52. The topological polar surface area (TPSA) is 58.9 Å². The molecular weight excluding hydrogens is 237 g/mol. The zero-order valence-electron chi connectivity index (χ0n) is 10.3. The van der Waals surface area contributed by atoms with Crippen LogP contribution in [0, 0.1) is 12.7 Å². The van der Waals surface area contributed by atoms with Gasteiger partial charge in [-0.05, 0) is 37.8 Å². The minimum absolute atomic E-state index is 0.197. The molecule has 5 heteroatoms. The first-order chi connectivity index (χ1) is 8.55. The van der Waals surface area contributed by atoms with Gasteiger partial charge in [0.2, 0.25) is 6.08 Å². The number of ether oxygens (including phenoxy) is 1. The van der Waals surface area contributed by atoms with Gasteiger partial charge in [0, 0.05) is 5.56 Å². The summed E-state index contributed by atoms with van der Waals surface area (Å²) < 4.78 is 19.2. The Kier molecular flexibility index (Phi) is 3.09. The van der Waals surface area contributed by atoms with E-state index in [1.165, 1.54) is 19.3 Å². The molecule has 0 heterocycles. The molecule has 0 atom stereocenters. The molecule has 1 fully saturated rings. The molecule has 96 valence electrons. The molecule has 0 saturated heterocycles. The van der Waals surface area contributed by atoms with Crippen molar-refractivity contribution in [2.45, 2.75) is 31.7 Å². The molecule has 0 radical (unpaired) electrons. The summed E-state index contributed by atoms with van der Waals surface area (Å²) in [6.07, 6.45) is 3.60. The third kappa shape index (κ3) is 1.68. The predicted molar refractivity (Wildman–Crippen MR) is 63.0 cm³/mol. The van der Waals surface area contributed by atoms with Gasteiger partial charge in [-0.3, -0.25) is 0 Å². The molecule has 1 aromatic rings. The van der Waals surface area contributed by atoms with E-state index in [1.54, 1.807) is 6.92 Å². The van der Waals surface area contributed by atoms with Crippen LogP contribution in [-0.2, 0) is 10.3 Å². The molecule has 0 spiro atoms. The van der Waals surface area contributed by atoms with E-state index in [2.05, 4.69) is 4.99 Å². The molecule has 0 aromatic heterocycles. The third-order valence-corrected chi connectivity index (χ3v) is 3.53. The van der Waals surface area contributed by atoms with Crippen molar-refractivity contribution in [3.8, 4) is 11.5 Å². The molecule has 1 N–H and O–H groups in total. The average molecular weight is 251 g/mol. The van der Waals surface area contributed by atoms with Crippen molar-refractivity contribution in [1.82, 2.24) is 0 Å². The van der Waals surface area contributed by atoms with Gasteiger partial charge in [0.25, 0.3) is 0 Å². The lowest BCUT2D eigenvalue weighted by atomic mass is 9.71. The smallest absolute Gasteiger partial charge is 0.235 e. The van der Waals surface area contributed by atoms with E-state index in [1.807, 2.05) is 0 Å². The lowest BCUT2D eigenvalue weighted by Crippen LogP contribution is -2.33. The first kappa shape index (κ1) is 12.6. The molecule has 1 aliphatic rings. The molecule has 0 unspecified atom stereocenters. The van der Waals surface area contributed by atoms with Crippen LogP contribution in [0.1, 0.15) is 30.4 Å². The van der Waals surface area contributed by atoms with Crippen LogP contribution in [0.3, 0.4) is 0 Å². The van der Waals surface area contributed by atoms with E-state index in [0.717, 1.165) is 6.42 Å². The number of methoxy groups -OCH3 is 1. The van der Waals surface area contributed by atoms with Gasteiger partial charge in [0.1, 0.15) is 5.54 Å². The minimum atomic E-state index is -0.836. The lowest BCUT2D eigenvalue weighted by Gasteiger charge is -2.37. The minimum Gasteiger partial charge on any atom is -0.504 e. The molecule has 1 aliphatic carbocycles. The van der Waals surface area contributed by atoms with Gasteiger partial charge < -0.3 is 9.84 Å². The van der Waals surface area contributed by atoms with Crippen LogP contribution in [0.4, 0.5) is 4.39 Å². The number of rotatable bonds is 3. The zero-order valence-corrected chi connectivity index (χ0v) is 10.3. The van der Waals surface area contributed by atoms with Crippen LogP contribution in [0.5, 0.6) is 11.5 Å². The molecule has 18 heavy (non-hydrogen) atoms. The maximum atomic E-state index is 14.3. The van der Waals surface area contributed by atoms with Gasteiger partial charge in [0.15, 0.2) is 17.3 Å². The van der Waals surface area contributed by atoms with Gasteiger partial charge >= 0.3 is 0 Å². The summed E-state index contributed by atoms with van der Waals surface area (Å²) in [6.45, 7) is 1.65. The molecule has 2 rings (SSSR count). The second-order valence-electron chi connectivity index (χ2n) is 4.53. The number of nitrogens with zero attached hydrogens (tertiary/aromatic N) is 1. The summed E-state index contributed by atoms with van der Waals surface area (Å²) >= 11 is 0. The molecule has 1 saturated carbocycles. The van der Waals surface area contributed by atoms with Crippen LogP contribution in [0.2, 0.25) is 0 Å². The van der Waals surface area contributed by atoms with Crippen molar-refractivity contribution >= 4 is 6.08 Å². The highest BCUT2D eigenvalue weighted by Crippen LogP contribution is 2.49. The van der Waals surface area contributed by atoms with Gasteiger partial charge in [0.05, 0.1) is 7.11 Å². The molecule has 0 bridgehead atoms. The Balaban J connectivity index is 2.64. The summed E-state index contributed by atoms with van der Waals surface area (Å²) in [4.78, 5) is 14.3. The SMILES string of the molecule is COc1c(O)c(C)cc(C2(N=C=O)CCC2)c1F. The summed E-state index contributed by atoms with van der Waals surface area (Å²) in [5.41, 5.74) is -0.0442. The Morgan fingerprint density at radius 3 is 2.67 bits per heavy atom. The quantitative estimate of drug-likeness (QED) is 0.663. The number of halogens is 1. The number of benzene rings is 1. The van der Waals surface area contributed by atoms with Crippen LogP contribution < -0.4 is 4.74 Å². The van der Waals surface area contributed by atoms with Crippen molar-refractivity contribution in [2.24, 2.45) is 4.99 Å². The Morgan fingerprint density at radius 2 is 2.22 bits per heavy atom. The normalized spacial score (nSPS) is 16.6. The number of hydrogen-bond acceptors (Lipinski definition) is 4. The van der Waals surface area contributed by atoms with Crippen LogP contribution in [0.25, 0.3) is 0 Å². The van der Waals surface area contributed by atoms with Crippen LogP contribution in [-0.4, -0.2) is 18.3 Å². The first-order valence-corrected chi connectivity index (χ1v) is 5.71. The van der Waals surface area contributed by atoms with E-state index < -0.39 is 11.4 Å². The number of aromatic hydroxyl groups is 1. The van der Waals surface area contributed by atoms with E-state index in [4.69, 9.17) is 4.74 Å². The first-order valence-electron chi connectivity index (χ1n) is 5.71. The number of aryl methyl sites for hydroxylation is 1. The number of carbonyl (C=O) groups excluding carboxylic acids is 1. The van der Waals surface area contributed by atoms with Crippen molar-refractivity contribution in [3.05, 3.63) is 23.0 Å². The predicted octanol–water partition coefficient (Wildman–Crippen LogP) is 2.56. The highest BCUT2D eigenvalue weighted by molar-refractivity contribution is 5.52. The van der Waals surface area contributed by atoms with Crippen LogP contribution in [0.15, 0.2) is 11.1 Å². The average Bonchev–Trinajstić information content (AvgIpc) is 2.30. The molecule has 1 aromatic carbocycles. The van der Waals surface area contributed by atoms with E-state index >= 15 is 0 Å². The van der Waals surface area contributed by atoms with Crippen molar-refractivity contribution in [3.63, 3.8) is 0 Å². The third-order valence-electron chi connectivity index (χ3n) is 3.53. The Labute approximate surface area is 104 Å². The second kappa shape index (κ2) is 4.42. The summed E-state index contributed by atoms with van der Waals surface area (Å²) in [5, 5.41) is 9.72. The summed E-state index contributed by atoms with van der Waals surface area (Å²) in [5.74, 6) is -1.07. The number of hydrogen-bond donors (Lipinski definition) is 1. The fraction of sp³-hybridized carbons (Fsp3) is 0.462. The van der Waals surface area contributed by atoms with E-state index in [-0.39, 0.29) is 11.5 Å². The Bertz CT molecular complexity index is 532. The molecule has 0 aliphatic heterocycles.